The van der Waals surface area contributed by atoms with E-state index in [1.54, 1.807) is 0 Å². The maximum Gasteiger partial charge on any atom is 0.264 e. The van der Waals surface area contributed by atoms with Crippen LogP contribution in [-0.4, -0.2) is 10.2 Å². The summed E-state index contributed by atoms with van der Waals surface area (Å²) in [4.78, 5) is 15.7. The number of halogens is 2. The van der Waals surface area contributed by atoms with Crippen LogP contribution in [0.25, 0.3) is 0 Å². The molecule has 0 aliphatic heterocycles. The van der Waals surface area contributed by atoms with Gasteiger partial charge in [-0.1, -0.05) is 13.3 Å². The van der Waals surface area contributed by atoms with E-state index in [-0.39, 0.29) is 0 Å². The minimum absolute atomic E-state index is 0.408. The molecule has 1 aromatic rings. The molecular weight excluding hydrogens is 274 g/mol. The lowest BCUT2D eigenvalue weighted by molar-refractivity contribution is 0.108. The zero-order valence-corrected chi connectivity index (χ0v) is 10.3. The fourth-order valence-electron chi connectivity index (χ4n) is 0.990. The highest BCUT2D eigenvalue weighted by atomic mass is 79.9. The molecule has 0 saturated carbocycles. The number of aromatic nitrogens is 1. The van der Waals surface area contributed by atoms with Gasteiger partial charge in [0.2, 0.25) is 0 Å². The van der Waals surface area contributed by atoms with Crippen molar-refractivity contribution in [1.29, 1.82) is 0 Å². The predicted molar refractivity (Wildman–Crippen MR) is 58.6 cm³/mol. The van der Waals surface area contributed by atoms with Crippen molar-refractivity contribution < 1.29 is 4.79 Å². The Balaban J connectivity index is 2.84. The molecule has 2 nitrogen and oxygen atoms in total. The molecule has 5 heteroatoms. The average molecular weight is 283 g/mol. The van der Waals surface area contributed by atoms with E-state index in [9.17, 15) is 4.79 Å². The minimum atomic E-state index is -0.408. The molecular formula is C8H9BrClNOS. The molecule has 0 aromatic carbocycles. The van der Waals surface area contributed by atoms with Gasteiger partial charge in [0.25, 0.3) is 5.24 Å². The molecule has 13 heavy (non-hydrogen) atoms. The zero-order chi connectivity index (χ0) is 9.84. The molecule has 0 fully saturated rings. The molecule has 0 amide bonds. The van der Waals surface area contributed by atoms with Gasteiger partial charge in [-0.15, -0.1) is 11.3 Å². The second kappa shape index (κ2) is 5.08. The molecule has 0 N–H and O–H groups in total. The summed E-state index contributed by atoms with van der Waals surface area (Å²) < 4.78 is 0.725. The summed E-state index contributed by atoms with van der Waals surface area (Å²) in [7, 11) is 0. The van der Waals surface area contributed by atoms with Gasteiger partial charge in [-0.2, -0.15) is 0 Å². The highest BCUT2D eigenvalue weighted by Gasteiger charge is 2.14. The Bertz CT molecular complexity index is 313. The molecule has 0 aliphatic carbocycles. The van der Waals surface area contributed by atoms with Crippen molar-refractivity contribution in [3.8, 4) is 0 Å². The maximum absolute atomic E-state index is 11.0. The Morgan fingerprint density at radius 2 is 2.38 bits per heavy atom. The second-order valence-electron chi connectivity index (χ2n) is 2.62. The molecule has 0 spiro atoms. The van der Waals surface area contributed by atoms with Crippen LogP contribution in [0, 0.1) is 0 Å². The molecule has 0 bridgehead atoms. The summed E-state index contributed by atoms with van der Waals surface area (Å²) in [6.07, 6.45) is 2.95. The zero-order valence-electron chi connectivity index (χ0n) is 7.14. The predicted octanol–water partition coefficient (Wildman–Crippen LogP) is 3.63. The standard InChI is InChI=1S/C8H9BrClNOS/c1-2-3-4-5-6(7(10)12)13-8(9)11-5/h2-4H2,1H3. The van der Waals surface area contributed by atoms with E-state index in [4.69, 9.17) is 11.6 Å². The molecule has 0 saturated heterocycles. The first-order valence-electron chi connectivity index (χ1n) is 4.00. The molecule has 1 heterocycles. The van der Waals surface area contributed by atoms with Gasteiger partial charge >= 0.3 is 0 Å². The molecule has 0 radical (unpaired) electrons. The third kappa shape index (κ3) is 3.04. The van der Waals surface area contributed by atoms with Crippen LogP contribution in [0.1, 0.15) is 35.1 Å². The van der Waals surface area contributed by atoms with Gasteiger partial charge in [-0.3, -0.25) is 4.79 Å². The summed E-state index contributed by atoms with van der Waals surface area (Å²) >= 11 is 9.95. The SMILES string of the molecule is CCCCc1nc(Br)sc1C(=O)Cl. The Morgan fingerprint density at radius 3 is 2.92 bits per heavy atom. The lowest BCUT2D eigenvalue weighted by Gasteiger charge is -1.95. The lowest BCUT2D eigenvalue weighted by atomic mass is 10.2. The van der Waals surface area contributed by atoms with Crippen LogP contribution in [0.5, 0.6) is 0 Å². The van der Waals surface area contributed by atoms with Crippen LogP contribution in [0.3, 0.4) is 0 Å². The second-order valence-corrected chi connectivity index (χ2v) is 5.24. The normalized spacial score (nSPS) is 10.4. The number of nitrogens with zero attached hydrogens (tertiary/aromatic N) is 1. The van der Waals surface area contributed by atoms with Crippen LogP contribution >= 0.6 is 38.9 Å². The highest BCUT2D eigenvalue weighted by molar-refractivity contribution is 9.11. The van der Waals surface area contributed by atoms with Crippen LogP contribution in [0.2, 0.25) is 0 Å². The van der Waals surface area contributed by atoms with Gasteiger partial charge < -0.3 is 0 Å². The Hall–Kier alpha value is 0.0700. The first kappa shape index (κ1) is 11.1. The first-order chi connectivity index (χ1) is 6.15. The first-order valence-corrected chi connectivity index (χ1v) is 5.99. The topological polar surface area (TPSA) is 30.0 Å². The highest BCUT2D eigenvalue weighted by Crippen LogP contribution is 2.25. The van der Waals surface area contributed by atoms with E-state index in [2.05, 4.69) is 27.8 Å². The van der Waals surface area contributed by atoms with Gasteiger partial charge in [0, 0.05) is 0 Å². The Morgan fingerprint density at radius 1 is 1.69 bits per heavy atom. The van der Waals surface area contributed by atoms with Crippen LogP contribution < -0.4 is 0 Å². The van der Waals surface area contributed by atoms with E-state index in [1.165, 1.54) is 11.3 Å². The molecule has 1 aromatic heterocycles. The number of unbranched alkanes of at least 4 members (excludes halogenated alkanes) is 1. The van der Waals surface area contributed by atoms with E-state index in [1.807, 2.05) is 0 Å². The van der Waals surface area contributed by atoms with Crippen LogP contribution in [0.15, 0.2) is 3.92 Å². The minimum Gasteiger partial charge on any atom is -0.275 e. The monoisotopic (exact) mass is 281 g/mol. The summed E-state index contributed by atoms with van der Waals surface area (Å²) in [5, 5.41) is -0.408. The number of rotatable bonds is 4. The van der Waals surface area contributed by atoms with Crippen molar-refractivity contribution in [1.82, 2.24) is 4.98 Å². The number of hydrogen-bond donors (Lipinski definition) is 0. The third-order valence-electron chi connectivity index (χ3n) is 1.62. The van der Waals surface area contributed by atoms with Crippen molar-refractivity contribution in [2.75, 3.05) is 0 Å². The number of hydrogen-bond acceptors (Lipinski definition) is 3. The van der Waals surface area contributed by atoms with Gasteiger partial charge in [-0.25, -0.2) is 4.98 Å². The van der Waals surface area contributed by atoms with E-state index >= 15 is 0 Å². The van der Waals surface area contributed by atoms with E-state index in [0.717, 1.165) is 28.9 Å². The molecule has 1 rings (SSSR count). The smallest absolute Gasteiger partial charge is 0.264 e. The maximum atomic E-state index is 11.0. The Kier molecular flexibility index (Phi) is 4.35. The Labute approximate surface area is 94.4 Å². The number of aryl methyl sites for hydroxylation is 1. The molecule has 72 valence electrons. The summed E-state index contributed by atoms with van der Waals surface area (Å²) in [5.74, 6) is 0. The van der Waals surface area contributed by atoms with Crippen molar-refractivity contribution in [3.05, 3.63) is 14.5 Å². The fourth-order valence-corrected chi connectivity index (χ4v) is 2.58. The molecule has 0 atom stereocenters. The van der Waals surface area contributed by atoms with Gasteiger partial charge in [0.15, 0.2) is 3.92 Å². The fraction of sp³-hybridized carbons (Fsp3) is 0.500. The van der Waals surface area contributed by atoms with E-state index in [0.29, 0.717) is 4.88 Å². The van der Waals surface area contributed by atoms with E-state index < -0.39 is 5.24 Å². The number of carbonyl (C=O) groups is 1. The summed E-state index contributed by atoms with van der Waals surface area (Å²) in [6, 6.07) is 0. The van der Waals surface area contributed by atoms with Crippen LogP contribution in [-0.2, 0) is 6.42 Å². The number of carbonyl (C=O) groups excluding carboxylic acids is 1. The van der Waals surface area contributed by atoms with Crippen LogP contribution in [0.4, 0.5) is 0 Å². The summed E-state index contributed by atoms with van der Waals surface area (Å²) in [6.45, 7) is 2.10. The summed E-state index contributed by atoms with van der Waals surface area (Å²) in [5.41, 5.74) is 0.818. The molecule has 0 aliphatic rings. The van der Waals surface area contributed by atoms with Crippen molar-refractivity contribution >= 4 is 44.1 Å². The van der Waals surface area contributed by atoms with Gasteiger partial charge in [0.05, 0.1) is 5.69 Å². The van der Waals surface area contributed by atoms with Crippen molar-refractivity contribution in [2.24, 2.45) is 0 Å². The average Bonchev–Trinajstić information content (AvgIpc) is 2.43. The number of thiazole rings is 1. The third-order valence-corrected chi connectivity index (χ3v) is 3.47. The van der Waals surface area contributed by atoms with Gasteiger partial charge in [-0.05, 0) is 40.4 Å². The van der Waals surface area contributed by atoms with Crippen molar-refractivity contribution in [3.63, 3.8) is 0 Å². The van der Waals surface area contributed by atoms with Crippen molar-refractivity contribution in [2.45, 2.75) is 26.2 Å². The van der Waals surface area contributed by atoms with Gasteiger partial charge in [0.1, 0.15) is 4.88 Å². The molecule has 0 unspecified atom stereocenters. The lowest BCUT2D eigenvalue weighted by Crippen LogP contribution is -1.93. The largest absolute Gasteiger partial charge is 0.275 e. The quantitative estimate of drug-likeness (QED) is 0.789.